The molecule has 0 aliphatic rings. The smallest absolute Gasteiger partial charge is 0.0949 e. The third-order valence-electron chi connectivity index (χ3n) is 2.30. The van der Waals surface area contributed by atoms with E-state index in [1.165, 1.54) is 0 Å². The van der Waals surface area contributed by atoms with Crippen molar-refractivity contribution in [2.24, 2.45) is 7.05 Å². The van der Waals surface area contributed by atoms with E-state index in [4.69, 9.17) is 0 Å². The largest absolute Gasteiger partial charge is 0.387 e. The normalized spacial score (nSPS) is 13.3. The second kappa shape index (κ2) is 3.89. The molecule has 0 saturated carbocycles. The summed E-state index contributed by atoms with van der Waals surface area (Å²) in [5.41, 5.74) is 2.87. The number of aromatic nitrogens is 2. The summed E-state index contributed by atoms with van der Waals surface area (Å²) < 4.78 is 1.80. The molecule has 0 fully saturated rings. The van der Waals surface area contributed by atoms with Crippen LogP contribution in [0, 0.1) is 13.8 Å². The van der Waals surface area contributed by atoms with Gasteiger partial charge in [0.1, 0.15) is 0 Å². The van der Waals surface area contributed by atoms with E-state index < -0.39 is 6.10 Å². The fraction of sp³-hybridized carbons (Fsp3) is 0.667. The standard InChI is InChI=1S/C9H17N3O/c1-6-9(8(13)5-10-3)7(2)12(4)11-6/h8,10,13H,5H2,1-4H3. The minimum absolute atomic E-state index is 0.460. The van der Waals surface area contributed by atoms with E-state index >= 15 is 0 Å². The molecule has 0 aromatic carbocycles. The first-order chi connectivity index (χ1) is 6.07. The van der Waals surface area contributed by atoms with Gasteiger partial charge in [0.05, 0.1) is 11.8 Å². The molecule has 2 N–H and O–H groups in total. The highest BCUT2D eigenvalue weighted by molar-refractivity contribution is 5.26. The SMILES string of the molecule is CNCC(O)c1c(C)nn(C)c1C. The second-order valence-electron chi connectivity index (χ2n) is 3.28. The number of nitrogens with one attached hydrogen (secondary N) is 1. The van der Waals surface area contributed by atoms with Crippen molar-refractivity contribution in [3.63, 3.8) is 0 Å². The molecule has 1 aromatic rings. The van der Waals surface area contributed by atoms with Crippen LogP contribution in [0.15, 0.2) is 0 Å². The Hall–Kier alpha value is -0.870. The van der Waals surface area contributed by atoms with Gasteiger partial charge in [0.15, 0.2) is 0 Å². The number of likely N-dealkylation sites (N-methyl/N-ethyl adjacent to an activating group) is 1. The second-order valence-corrected chi connectivity index (χ2v) is 3.28. The van der Waals surface area contributed by atoms with Gasteiger partial charge in [0.25, 0.3) is 0 Å². The van der Waals surface area contributed by atoms with Crippen molar-refractivity contribution < 1.29 is 5.11 Å². The Morgan fingerprint density at radius 2 is 2.15 bits per heavy atom. The van der Waals surface area contributed by atoms with E-state index in [2.05, 4.69) is 10.4 Å². The minimum atomic E-state index is -0.460. The van der Waals surface area contributed by atoms with Gasteiger partial charge in [0.2, 0.25) is 0 Å². The van der Waals surface area contributed by atoms with E-state index in [-0.39, 0.29) is 0 Å². The Balaban J connectivity index is 2.98. The predicted octanol–water partition coefficient (Wildman–Crippen LogP) is 0.290. The zero-order valence-corrected chi connectivity index (χ0v) is 8.63. The van der Waals surface area contributed by atoms with Crippen LogP contribution in [0.1, 0.15) is 23.1 Å². The highest BCUT2D eigenvalue weighted by atomic mass is 16.3. The third kappa shape index (κ3) is 1.89. The number of nitrogens with zero attached hydrogens (tertiary/aromatic N) is 2. The molecule has 0 amide bonds. The first kappa shape index (κ1) is 10.2. The Labute approximate surface area is 78.6 Å². The van der Waals surface area contributed by atoms with Crippen LogP contribution in [0.25, 0.3) is 0 Å². The molecule has 1 heterocycles. The topological polar surface area (TPSA) is 50.1 Å². The molecular weight excluding hydrogens is 166 g/mol. The Kier molecular flexibility index (Phi) is 3.06. The van der Waals surface area contributed by atoms with Crippen molar-refractivity contribution in [1.29, 1.82) is 0 Å². The molecular formula is C9H17N3O. The number of rotatable bonds is 3. The molecule has 0 spiro atoms. The zero-order chi connectivity index (χ0) is 10.0. The molecule has 0 aliphatic carbocycles. The summed E-state index contributed by atoms with van der Waals surface area (Å²) in [4.78, 5) is 0. The van der Waals surface area contributed by atoms with Crippen LogP contribution in [-0.4, -0.2) is 28.5 Å². The molecule has 4 nitrogen and oxygen atoms in total. The van der Waals surface area contributed by atoms with Gasteiger partial charge in [-0.25, -0.2) is 0 Å². The fourth-order valence-corrected chi connectivity index (χ4v) is 1.57. The van der Waals surface area contributed by atoms with Gasteiger partial charge in [-0.1, -0.05) is 0 Å². The molecule has 1 aromatic heterocycles. The monoisotopic (exact) mass is 183 g/mol. The van der Waals surface area contributed by atoms with Crippen LogP contribution in [-0.2, 0) is 7.05 Å². The molecule has 1 unspecified atom stereocenters. The van der Waals surface area contributed by atoms with E-state index in [1.54, 1.807) is 4.68 Å². The Bertz CT molecular complexity index is 293. The molecule has 13 heavy (non-hydrogen) atoms. The van der Waals surface area contributed by atoms with Crippen molar-refractivity contribution in [3.8, 4) is 0 Å². The quantitative estimate of drug-likeness (QED) is 0.708. The lowest BCUT2D eigenvalue weighted by Gasteiger charge is -2.10. The minimum Gasteiger partial charge on any atom is -0.387 e. The van der Waals surface area contributed by atoms with Crippen molar-refractivity contribution in [2.75, 3.05) is 13.6 Å². The summed E-state index contributed by atoms with van der Waals surface area (Å²) in [5.74, 6) is 0. The van der Waals surface area contributed by atoms with Gasteiger partial charge in [-0.3, -0.25) is 4.68 Å². The molecule has 1 rings (SSSR count). The highest BCUT2D eigenvalue weighted by Crippen LogP contribution is 2.19. The maximum Gasteiger partial charge on any atom is 0.0949 e. The van der Waals surface area contributed by atoms with Crippen molar-refractivity contribution in [3.05, 3.63) is 17.0 Å². The maximum atomic E-state index is 9.78. The lowest BCUT2D eigenvalue weighted by atomic mass is 10.1. The summed E-state index contributed by atoms with van der Waals surface area (Å²) in [6, 6.07) is 0. The van der Waals surface area contributed by atoms with Crippen LogP contribution in [0.2, 0.25) is 0 Å². The van der Waals surface area contributed by atoms with Crippen LogP contribution < -0.4 is 5.32 Å². The molecule has 4 heteroatoms. The van der Waals surface area contributed by atoms with Crippen LogP contribution in [0.5, 0.6) is 0 Å². The van der Waals surface area contributed by atoms with Crippen molar-refractivity contribution in [1.82, 2.24) is 15.1 Å². The number of aliphatic hydroxyl groups is 1. The van der Waals surface area contributed by atoms with E-state index in [1.807, 2.05) is 27.9 Å². The lowest BCUT2D eigenvalue weighted by molar-refractivity contribution is 0.176. The van der Waals surface area contributed by atoms with E-state index in [0.29, 0.717) is 6.54 Å². The van der Waals surface area contributed by atoms with Crippen molar-refractivity contribution >= 4 is 0 Å². The Morgan fingerprint density at radius 1 is 1.54 bits per heavy atom. The lowest BCUT2D eigenvalue weighted by Crippen LogP contribution is -2.17. The van der Waals surface area contributed by atoms with Gasteiger partial charge in [-0.05, 0) is 20.9 Å². The van der Waals surface area contributed by atoms with Gasteiger partial charge >= 0.3 is 0 Å². The first-order valence-corrected chi connectivity index (χ1v) is 4.40. The highest BCUT2D eigenvalue weighted by Gasteiger charge is 2.16. The molecule has 1 atom stereocenters. The van der Waals surface area contributed by atoms with E-state index in [9.17, 15) is 5.11 Å². The molecule has 0 aliphatic heterocycles. The van der Waals surface area contributed by atoms with Crippen LogP contribution in [0.4, 0.5) is 0 Å². The molecule has 0 bridgehead atoms. The molecule has 74 valence electrons. The average molecular weight is 183 g/mol. The van der Waals surface area contributed by atoms with Crippen LogP contribution >= 0.6 is 0 Å². The number of hydrogen-bond acceptors (Lipinski definition) is 3. The number of aliphatic hydroxyl groups excluding tert-OH is 1. The van der Waals surface area contributed by atoms with Gasteiger partial charge in [-0.15, -0.1) is 0 Å². The summed E-state index contributed by atoms with van der Waals surface area (Å²) in [6.45, 7) is 4.45. The van der Waals surface area contributed by atoms with E-state index in [0.717, 1.165) is 17.0 Å². The van der Waals surface area contributed by atoms with Gasteiger partial charge in [-0.2, -0.15) is 5.10 Å². The zero-order valence-electron chi connectivity index (χ0n) is 8.63. The predicted molar refractivity (Wildman–Crippen MR) is 51.6 cm³/mol. The Morgan fingerprint density at radius 3 is 2.54 bits per heavy atom. The van der Waals surface area contributed by atoms with Gasteiger partial charge < -0.3 is 10.4 Å². The fourth-order valence-electron chi connectivity index (χ4n) is 1.57. The third-order valence-corrected chi connectivity index (χ3v) is 2.30. The first-order valence-electron chi connectivity index (χ1n) is 4.40. The molecule has 0 saturated heterocycles. The van der Waals surface area contributed by atoms with Crippen molar-refractivity contribution in [2.45, 2.75) is 20.0 Å². The molecule has 0 radical (unpaired) electrons. The number of hydrogen-bond donors (Lipinski definition) is 2. The van der Waals surface area contributed by atoms with Crippen LogP contribution in [0.3, 0.4) is 0 Å². The summed E-state index contributed by atoms with van der Waals surface area (Å²) in [5, 5.41) is 17.0. The number of aryl methyl sites for hydroxylation is 2. The summed E-state index contributed by atoms with van der Waals surface area (Å²) in [7, 11) is 3.71. The summed E-state index contributed by atoms with van der Waals surface area (Å²) in [6.07, 6.45) is -0.460. The van der Waals surface area contributed by atoms with Gasteiger partial charge in [0, 0.05) is 24.8 Å². The average Bonchev–Trinajstić information content (AvgIpc) is 2.27. The maximum absolute atomic E-state index is 9.78. The summed E-state index contributed by atoms with van der Waals surface area (Å²) >= 11 is 0.